The van der Waals surface area contributed by atoms with E-state index in [1.165, 1.54) is 76.1 Å². The summed E-state index contributed by atoms with van der Waals surface area (Å²) < 4.78 is 0. The highest BCUT2D eigenvalue weighted by Crippen LogP contribution is 2.36. The minimum Gasteiger partial charge on any atom is -0.338 e. The van der Waals surface area contributed by atoms with Crippen molar-refractivity contribution in [3.8, 4) is 0 Å². The minimum atomic E-state index is 0.0225. The summed E-state index contributed by atoms with van der Waals surface area (Å²) in [5.41, 5.74) is 0.224. The van der Waals surface area contributed by atoms with E-state index >= 15 is 0 Å². The van der Waals surface area contributed by atoms with Gasteiger partial charge in [-0.1, -0.05) is 19.3 Å². The number of rotatable bonds is 7. The molecule has 26 heavy (non-hydrogen) atoms. The second kappa shape index (κ2) is 10.2. The van der Waals surface area contributed by atoms with E-state index in [0.29, 0.717) is 6.04 Å². The van der Waals surface area contributed by atoms with E-state index in [4.69, 9.17) is 0 Å². The molecule has 150 valence electrons. The van der Waals surface area contributed by atoms with Crippen LogP contribution >= 0.6 is 11.8 Å². The molecule has 3 fully saturated rings. The Labute approximate surface area is 164 Å². The molecule has 1 atom stereocenters. The molecule has 2 heterocycles. The van der Waals surface area contributed by atoms with Crippen LogP contribution in [0.1, 0.15) is 58.3 Å². The maximum absolute atomic E-state index is 12.3. The Kier molecular flexibility index (Phi) is 7.94. The highest BCUT2D eigenvalue weighted by Gasteiger charge is 2.40. The molecule has 2 N–H and O–H groups in total. The molecule has 2 aliphatic heterocycles. The molecular weight excluding hydrogens is 344 g/mol. The molecule has 0 aromatic carbocycles. The molecule has 1 unspecified atom stereocenters. The molecule has 5 nitrogen and oxygen atoms in total. The SMILES string of the molecule is CC1CCCCN1CCCNC(=O)NCC1(N2CCSCC2)CCCC1. The lowest BCUT2D eigenvalue weighted by Gasteiger charge is -2.43. The number of likely N-dealkylation sites (tertiary alicyclic amines) is 1. The minimum absolute atomic E-state index is 0.0225. The second-order valence-electron chi connectivity index (χ2n) is 8.37. The van der Waals surface area contributed by atoms with Gasteiger partial charge in [0.1, 0.15) is 0 Å². The van der Waals surface area contributed by atoms with Gasteiger partial charge in [0.15, 0.2) is 0 Å². The van der Waals surface area contributed by atoms with Crippen LogP contribution in [-0.4, -0.2) is 78.2 Å². The van der Waals surface area contributed by atoms with Crippen molar-refractivity contribution in [2.75, 3.05) is 50.8 Å². The molecule has 1 saturated carbocycles. The molecule has 0 bridgehead atoms. The third-order valence-corrected chi connectivity index (χ3v) is 7.58. The van der Waals surface area contributed by atoms with Gasteiger partial charge >= 0.3 is 6.03 Å². The Morgan fingerprint density at radius 2 is 1.85 bits per heavy atom. The van der Waals surface area contributed by atoms with Gasteiger partial charge in [-0.05, 0) is 45.6 Å². The summed E-state index contributed by atoms with van der Waals surface area (Å²) in [7, 11) is 0. The maximum atomic E-state index is 12.3. The van der Waals surface area contributed by atoms with E-state index < -0.39 is 0 Å². The molecule has 1 aliphatic carbocycles. The zero-order valence-electron chi connectivity index (χ0n) is 16.6. The Morgan fingerprint density at radius 3 is 2.58 bits per heavy atom. The summed E-state index contributed by atoms with van der Waals surface area (Å²) in [5, 5.41) is 6.28. The van der Waals surface area contributed by atoms with Crippen molar-refractivity contribution >= 4 is 17.8 Å². The standard InChI is InChI=1S/C20H38N4OS/c1-18-7-2-5-11-23(18)12-6-10-21-19(25)22-17-20(8-3-4-9-20)24-13-15-26-16-14-24/h18H,2-17H2,1H3,(H2,21,22,25). The number of hydrogen-bond acceptors (Lipinski definition) is 4. The van der Waals surface area contributed by atoms with Crippen molar-refractivity contribution in [2.24, 2.45) is 0 Å². The molecule has 0 radical (unpaired) electrons. The average molecular weight is 383 g/mol. The number of hydrogen-bond donors (Lipinski definition) is 2. The Morgan fingerprint density at radius 1 is 1.08 bits per heavy atom. The first-order valence-corrected chi connectivity index (χ1v) is 11.9. The lowest BCUT2D eigenvalue weighted by Crippen LogP contribution is -2.57. The van der Waals surface area contributed by atoms with Crippen LogP contribution < -0.4 is 10.6 Å². The third-order valence-electron chi connectivity index (χ3n) is 6.64. The molecular formula is C20H38N4OS. The van der Waals surface area contributed by atoms with Gasteiger partial charge in [0.05, 0.1) is 0 Å². The summed E-state index contributed by atoms with van der Waals surface area (Å²) in [6, 6.07) is 0.733. The summed E-state index contributed by atoms with van der Waals surface area (Å²) >= 11 is 2.06. The lowest BCUT2D eigenvalue weighted by atomic mass is 9.94. The fraction of sp³-hybridized carbons (Fsp3) is 0.950. The van der Waals surface area contributed by atoms with E-state index in [0.717, 1.165) is 26.1 Å². The number of urea groups is 1. The summed E-state index contributed by atoms with van der Waals surface area (Å²) in [5.74, 6) is 2.48. The van der Waals surface area contributed by atoms with Crippen molar-refractivity contribution in [3.05, 3.63) is 0 Å². The number of carbonyl (C=O) groups is 1. The highest BCUT2D eigenvalue weighted by molar-refractivity contribution is 7.99. The first kappa shape index (κ1) is 20.3. The van der Waals surface area contributed by atoms with Crippen molar-refractivity contribution in [3.63, 3.8) is 0 Å². The molecule has 2 amide bonds. The van der Waals surface area contributed by atoms with Crippen LogP contribution in [0.3, 0.4) is 0 Å². The van der Waals surface area contributed by atoms with E-state index in [1.807, 2.05) is 0 Å². The summed E-state index contributed by atoms with van der Waals surface area (Å²) in [4.78, 5) is 17.5. The van der Waals surface area contributed by atoms with Gasteiger partial charge in [-0.25, -0.2) is 4.79 Å². The number of piperidine rings is 1. The monoisotopic (exact) mass is 382 g/mol. The van der Waals surface area contributed by atoms with Crippen LogP contribution in [0.15, 0.2) is 0 Å². The van der Waals surface area contributed by atoms with Gasteiger partial charge in [0, 0.05) is 55.8 Å². The summed E-state index contributed by atoms with van der Waals surface area (Å²) in [6.07, 6.45) is 10.2. The Balaban J connectivity index is 1.34. The predicted molar refractivity (Wildman–Crippen MR) is 111 cm³/mol. The molecule has 0 aromatic rings. The molecule has 3 aliphatic rings. The molecule has 6 heteroatoms. The van der Waals surface area contributed by atoms with Gasteiger partial charge in [-0.3, -0.25) is 4.90 Å². The zero-order valence-corrected chi connectivity index (χ0v) is 17.4. The van der Waals surface area contributed by atoms with Crippen LogP contribution in [0, 0.1) is 0 Å². The largest absolute Gasteiger partial charge is 0.338 e. The molecule has 0 spiro atoms. The quantitative estimate of drug-likeness (QED) is 0.665. The van der Waals surface area contributed by atoms with Crippen LogP contribution in [0.5, 0.6) is 0 Å². The van der Waals surface area contributed by atoms with Gasteiger partial charge in [0.25, 0.3) is 0 Å². The van der Waals surface area contributed by atoms with E-state index in [-0.39, 0.29) is 11.6 Å². The highest BCUT2D eigenvalue weighted by atomic mass is 32.2. The van der Waals surface area contributed by atoms with E-state index in [9.17, 15) is 4.79 Å². The number of amides is 2. The van der Waals surface area contributed by atoms with Crippen molar-refractivity contribution < 1.29 is 4.79 Å². The molecule has 2 saturated heterocycles. The van der Waals surface area contributed by atoms with Gasteiger partial charge in [-0.2, -0.15) is 11.8 Å². The van der Waals surface area contributed by atoms with Crippen molar-refractivity contribution in [2.45, 2.75) is 69.9 Å². The molecule has 3 rings (SSSR count). The topological polar surface area (TPSA) is 47.6 Å². The third kappa shape index (κ3) is 5.52. The summed E-state index contributed by atoms with van der Waals surface area (Å²) in [6.45, 7) is 8.62. The van der Waals surface area contributed by atoms with Gasteiger partial charge in [0.2, 0.25) is 0 Å². The van der Waals surface area contributed by atoms with Crippen molar-refractivity contribution in [1.82, 2.24) is 20.4 Å². The fourth-order valence-corrected chi connectivity index (χ4v) is 5.86. The van der Waals surface area contributed by atoms with Crippen LogP contribution in [0.4, 0.5) is 4.79 Å². The second-order valence-corrected chi connectivity index (χ2v) is 9.60. The van der Waals surface area contributed by atoms with Gasteiger partial charge in [-0.15, -0.1) is 0 Å². The van der Waals surface area contributed by atoms with E-state index in [1.54, 1.807) is 0 Å². The van der Waals surface area contributed by atoms with Crippen LogP contribution in [0.2, 0.25) is 0 Å². The smallest absolute Gasteiger partial charge is 0.314 e. The predicted octanol–water partition coefficient (Wildman–Crippen LogP) is 2.91. The number of nitrogens with one attached hydrogen (secondary N) is 2. The Bertz CT molecular complexity index is 436. The number of thioether (sulfide) groups is 1. The first-order chi connectivity index (χ1) is 12.7. The van der Waals surface area contributed by atoms with Crippen LogP contribution in [0.25, 0.3) is 0 Å². The first-order valence-electron chi connectivity index (χ1n) is 10.8. The van der Waals surface area contributed by atoms with Gasteiger partial charge < -0.3 is 15.5 Å². The van der Waals surface area contributed by atoms with E-state index in [2.05, 4.69) is 39.1 Å². The van der Waals surface area contributed by atoms with Crippen LogP contribution in [-0.2, 0) is 0 Å². The number of nitrogens with zero attached hydrogens (tertiary/aromatic N) is 2. The maximum Gasteiger partial charge on any atom is 0.314 e. The normalized spacial score (nSPS) is 27.3. The fourth-order valence-electron chi connectivity index (χ4n) is 4.96. The zero-order chi connectivity index (χ0) is 18.2. The van der Waals surface area contributed by atoms with Crippen molar-refractivity contribution in [1.29, 1.82) is 0 Å². The molecule has 0 aromatic heterocycles. The number of carbonyl (C=O) groups excluding carboxylic acids is 1. The average Bonchev–Trinajstić information content (AvgIpc) is 3.16. The Hall–Kier alpha value is -0.460. The lowest BCUT2D eigenvalue weighted by molar-refractivity contribution is 0.104.